The molecule has 0 radical (unpaired) electrons. The van der Waals surface area contributed by atoms with Crippen LogP contribution in [-0.2, 0) is 9.53 Å². The van der Waals surface area contributed by atoms with Gasteiger partial charge in [-0.3, -0.25) is 9.79 Å². The number of ether oxygens (including phenoxy) is 1. The summed E-state index contributed by atoms with van der Waals surface area (Å²) in [5.74, 6) is 0.754. The SMILES string of the molecule is CCCC1N=C(C(CCC)OCC)NC1=O. The molecule has 0 saturated heterocycles. The third-order valence-corrected chi connectivity index (χ3v) is 2.63. The first-order valence-corrected chi connectivity index (χ1v) is 6.23. The second-order valence-electron chi connectivity index (χ2n) is 4.04. The molecule has 4 heteroatoms. The predicted molar refractivity (Wildman–Crippen MR) is 64.6 cm³/mol. The lowest BCUT2D eigenvalue weighted by Gasteiger charge is -2.15. The minimum atomic E-state index is -0.195. The van der Waals surface area contributed by atoms with Gasteiger partial charge in [0.15, 0.2) is 0 Å². The summed E-state index contributed by atoms with van der Waals surface area (Å²) in [6.45, 7) is 6.78. The van der Waals surface area contributed by atoms with Crippen molar-refractivity contribution in [2.45, 2.75) is 58.6 Å². The molecule has 92 valence electrons. The fraction of sp³-hybridized carbons (Fsp3) is 0.833. The molecule has 1 heterocycles. The van der Waals surface area contributed by atoms with Crippen molar-refractivity contribution in [2.75, 3.05) is 6.61 Å². The van der Waals surface area contributed by atoms with Gasteiger partial charge in [0.1, 0.15) is 18.0 Å². The molecular formula is C12H22N2O2. The molecule has 16 heavy (non-hydrogen) atoms. The zero-order chi connectivity index (χ0) is 12.0. The molecule has 2 unspecified atom stereocenters. The van der Waals surface area contributed by atoms with E-state index in [9.17, 15) is 4.79 Å². The Morgan fingerprint density at radius 3 is 2.69 bits per heavy atom. The molecule has 1 rings (SSSR count). The first-order valence-electron chi connectivity index (χ1n) is 6.23. The van der Waals surface area contributed by atoms with Gasteiger partial charge in [0.05, 0.1) is 0 Å². The highest BCUT2D eigenvalue weighted by Crippen LogP contribution is 2.13. The Morgan fingerprint density at radius 1 is 1.38 bits per heavy atom. The standard InChI is InChI=1S/C12H22N2O2/c1-4-7-9-12(15)14-11(13-9)10(8-5-2)16-6-3/h9-10H,4-8H2,1-3H3,(H,13,14,15). The van der Waals surface area contributed by atoms with Crippen LogP contribution in [0.25, 0.3) is 0 Å². The van der Waals surface area contributed by atoms with Crippen molar-refractivity contribution in [1.82, 2.24) is 5.32 Å². The van der Waals surface area contributed by atoms with Crippen molar-refractivity contribution in [2.24, 2.45) is 4.99 Å². The van der Waals surface area contributed by atoms with E-state index in [-0.39, 0.29) is 18.1 Å². The second kappa shape index (κ2) is 6.63. The van der Waals surface area contributed by atoms with Gasteiger partial charge in [0, 0.05) is 6.61 Å². The highest BCUT2D eigenvalue weighted by molar-refractivity contribution is 6.07. The van der Waals surface area contributed by atoms with Crippen molar-refractivity contribution in [3.05, 3.63) is 0 Å². The second-order valence-corrected chi connectivity index (χ2v) is 4.04. The fourth-order valence-corrected chi connectivity index (χ4v) is 1.86. The maximum absolute atomic E-state index is 11.6. The molecular weight excluding hydrogens is 204 g/mol. The van der Waals surface area contributed by atoms with Crippen molar-refractivity contribution in [3.63, 3.8) is 0 Å². The van der Waals surface area contributed by atoms with Gasteiger partial charge in [-0.2, -0.15) is 0 Å². The van der Waals surface area contributed by atoms with Crippen LogP contribution in [0.2, 0.25) is 0 Å². The molecule has 0 aromatic carbocycles. The summed E-state index contributed by atoms with van der Waals surface area (Å²) in [6, 6.07) is -0.195. The molecule has 1 aliphatic rings. The zero-order valence-corrected chi connectivity index (χ0v) is 10.5. The van der Waals surface area contributed by atoms with Crippen molar-refractivity contribution in [3.8, 4) is 0 Å². The molecule has 1 amide bonds. The van der Waals surface area contributed by atoms with E-state index in [1.54, 1.807) is 0 Å². The Labute approximate surface area is 97.5 Å². The van der Waals surface area contributed by atoms with Crippen LogP contribution in [0.4, 0.5) is 0 Å². The highest BCUT2D eigenvalue weighted by atomic mass is 16.5. The molecule has 0 bridgehead atoms. The number of hydrogen-bond donors (Lipinski definition) is 1. The Hall–Kier alpha value is -0.900. The van der Waals surface area contributed by atoms with Crippen LogP contribution in [0.1, 0.15) is 46.5 Å². The molecule has 0 saturated carbocycles. The predicted octanol–water partition coefficient (Wildman–Crippen LogP) is 1.89. The van der Waals surface area contributed by atoms with Crippen molar-refractivity contribution < 1.29 is 9.53 Å². The van der Waals surface area contributed by atoms with E-state index in [4.69, 9.17) is 4.74 Å². The third kappa shape index (κ3) is 3.30. The topological polar surface area (TPSA) is 50.7 Å². The van der Waals surface area contributed by atoms with Gasteiger partial charge in [0.25, 0.3) is 0 Å². The summed E-state index contributed by atoms with van der Waals surface area (Å²) in [5.41, 5.74) is 0. The van der Waals surface area contributed by atoms with E-state index in [1.807, 2.05) is 6.92 Å². The van der Waals surface area contributed by atoms with Gasteiger partial charge in [-0.05, 0) is 19.8 Å². The summed E-state index contributed by atoms with van der Waals surface area (Å²) >= 11 is 0. The van der Waals surface area contributed by atoms with Crippen molar-refractivity contribution >= 4 is 11.7 Å². The molecule has 0 aromatic heterocycles. The van der Waals surface area contributed by atoms with E-state index < -0.39 is 0 Å². The number of rotatable bonds is 7. The van der Waals surface area contributed by atoms with Gasteiger partial charge in [-0.25, -0.2) is 0 Å². The zero-order valence-electron chi connectivity index (χ0n) is 10.5. The molecule has 0 aromatic rings. The highest BCUT2D eigenvalue weighted by Gasteiger charge is 2.29. The van der Waals surface area contributed by atoms with Gasteiger partial charge >= 0.3 is 0 Å². The van der Waals surface area contributed by atoms with Crippen LogP contribution >= 0.6 is 0 Å². The lowest BCUT2D eigenvalue weighted by atomic mass is 10.2. The summed E-state index contributed by atoms with van der Waals surface area (Å²) in [7, 11) is 0. The first-order chi connectivity index (χ1) is 7.72. The van der Waals surface area contributed by atoms with Gasteiger partial charge in [0.2, 0.25) is 5.91 Å². The molecule has 4 nitrogen and oxygen atoms in total. The van der Waals surface area contributed by atoms with Crippen LogP contribution in [-0.4, -0.2) is 30.5 Å². The van der Waals surface area contributed by atoms with E-state index >= 15 is 0 Å². The van der Waals surface area contributed by atoms with Crippen LogP contribution in [0.15, 0.2) is 4.99 Å². The average molecular weight is 226 g/mol. The summed E-state index contributed by atoms with van der Waals surface area (Å²) in [6.07, 6.45) is 3.69. The van der Waals surface area contributed by atoms with Gasteiger partial charge < -0.3 is 10.1 Å². The Kier molecular flexibility index (Phi) is 5.46. The molecule has 1 N–H and O–H groups in total. The van der Waals surface area contributed by atoms with Crippen molar-refractivity contribution in [1.29, 1.82) is 0 Å². The van der Waals surface area contributed by atoms with Crippen LogP contribution in [0.5, 0.6) is 0 Å². The number of carbonyl (C=O) groups excluding carboxylic acids is 1. The number of aliphatic imine (C=N–C) groups is 1. The molecule has 2 atom stereocenters. The smallest absolute Gasteiger partial charge is 0.250 e. The summed E-state index contributed by atoms with van der Waals surface area (Å²) in [4.78, 5) is 16.0. The lowest BCUT2D eigenvalue weighted by Crippen LogP contribution is -2.37. The van der Waals surface area contributed by atoms with Crippen LogP contribution in [0, 0.1) is 0 Å². The molecule has 0 spiro atoms. The van der Waals surface area contributed by atoms with Gasteiger partial charge in [-0.1, -0.05) is 26.7 Å². The number of amidine groups is 1. The first kappa shape index (κ1) is 13.2. The van der Waals surface area contributed by atoms with E-state index in [2.05, 4.69) is 24.2 Å². The Balaban J connectivity index is 2.63. The van der Waals surface area contributed by atoms with E-state index in [1.165, 1.54) is 0 Å². The molecule has 0 aliphatic carbocycles. The average Bonchev–Trinajstić information content (AvgIpc) is 2.61. The largest absolute Gasteiger partial charge is 0.371 e. The normalized spacial score (nSPS) is 21.8. The van der Waals surface area contributed by atoms with Gasteiger partial charge in [-0.15, -0.1) is 0 Å². The number of amides is 1. The summed E-state index contributed by atoms with van der Waals surface area (Å²) < 4.78 is 5.60. The number of nitrogens with one attached hydrogen (secondary N) is 1. The van der Waals surface area contributed by atoms with E-state index in [0.717, 1.165) is 31.5 Å². The quantitative estimate of drug-likeness (QED) is 0.720. The Bertz CT molecular complexity index is 258. The number of carbonyl (C=O) groups is 1. The maximum Gasteiger partial charge on any atom is 0.250 e. The fourth-order valence-electron chi connectivity index (χ4n) is 1.86. The van der Waals surface area contributed by atoms with Crippen LogP contribution < -0.4 is 5.32 Å². The van der Waals surface area contributed by atoms with Crippen LogP contribution in [0.3, 0.4) is 0 Å². The van der Waals surface area contributed by atoms with E-state index in [0.29, 0.717) is 6.61 Å². The number of hydrogen-bond acceptors (Lipinski definition) is 3. The molecule has 1 aliphatic heterocycles. The number of nitrogens with zero attached hydrogens (tertiary/aromatic N) is 1. The minimum Gasteiger partial charge on any atom is -0.371 e. The third-order valence-electron chi connectivity index (χ3n) is 2.63. The Morgan fingerprint density at radius 2 is 2.12 bits per heavy atom. The lowest BCUT2D eigenvalue weighted by molar-refractivity contribution is -0.120. The minimum absolute atomic E-state index is 0.0256. The molecule has 0 fully saturated rings. The summed E-state index contributed by atoms with van der Waals surface area (Å²) in [5, 5.41) is 2.84. The maximum atomic E-state index is 11.6. The monoisotopic (exact) mass is 226 g/mol.